The van der Waals surface area contributed by atoms with Gasteiger partial charge in [0.2, 0.25) is 0 Å². The van der Waals surface area contributed by atoms with Gasteiger partial charge in [-0.1, -0.05) is 31.0 Å². The topological polar surface area (TPSA) is 17.1 Å². The lowest BCUT2D eigenvalue weighted by Gasteiger charge is -2.15. The molecule has 3 rings (SSSR count). The molecule has 0 amide bonds. The Bertz CT molecular complexity index is 512. The summed E-state index contributed by atoms with van der Waals surface area (Å²) in [4.78, 5) is 12.4. The van der Waals surface area contributed by atoms with Crippen LogP contribution in [0, 0.1) is 17.7 Å². The monoisotopic (exact) mass is 258 g/mol. The molecule has 19 heavy (non-hydrogen) atoms. The minimum atomic E-state index is -0.243. The number of carbonyl (C=O) groups is 1. The minimum Gasteiger partial charge on any atom is -0.294 e. The van der Waals surface area contributed by atoms with E-state index in [-0.39, 0.29) is 17.5 Å². The van der Waals surface area contributed by atoms with Gasteiger partial charge >= 0.3 is 0 Å². The Kier molecular flexibility index (Phi) is 3.50. The maximum Gasteiger partial charge on any atom is 0.162 e. The van der Waals surface area contributed by atoms with Crippen molar-refractivity contribution < 1.29 is 9.18 Å². The van der Waals surface area contributed by atoms with Gasteiger partial charge in [-0.05, 0) is 49.3 Å². The zero-order valence-electron chi connectivity index (χ0n) is 11.1. The summed E-state index contributed by atoms with van der Waals surface area (Å²) < 4.78 is 13.6. The lowest BCUT2D eigenvalue weighted by molar-refractivity contribution is -0.119. The van der Waals surface area contributed by atoms with E-state index in [4.69, 9.17) is 0 Å². The van der Waals surface area contributed by atoms with E-state index in [2.05, 4.69) is 0 Å². The van der Waals surface area contributed by atoms with Crippen LogP contribution in [-0.2, 0) is 4.79 Å². The average molecular weight is 258 g/mol. The van der Waals surface area contributed by atoms with E-state index < -0.39 is 0 Å². The van der Waals surface area contributed by atoms with E-state index in [0.717, 1.165) is 18.4 Å². The molecule has 100 valence electrons. The van der Waals surface area contributed by atoms with E-state index in [0.29, 0.717) is 11.5 Å². The van der Waals surface area contributed by atoms with Gasteiger partial charge in [0, 0.05) is 11.5 Å². The highest BCUT2D eigenvalue weighted by Gasteiger charge is 2.36. The molecule has 0 radical (unpaired) electrons. The summed E-state index contributed by atoms with van der Waals surface area (Å²) in [6.07, 6.45) is 8.46. The number of hydrogen-bond acceptors (Lipinski definition) is 1. The highest BCUT2D eigenvalue weighted by Crippen LogP contribution is 2.40. The smallest absolute Gasteiger partial charge is 0.162 e. The molecule has 0 aromatic heterocycles. The predicted octanol–water partition coefficient (Wildman–Crippen LogP) is 4.38. The third kappa shape index (κ3) is 2.49. The molecule has 0 N–H and O–H groups in total. The number of carbonyl (C=O) groups excluding carboxylic acids is 1. The molecule has 2 aliphatic rings. The van der Waals surface area contributed by atoms with Gasteiger partial charge in [-0.2, -0.15) is 0 Å². The van der Waals surface area contributed by atoms with Crippen LogP contribution in [0.2, 0.25) is 0 Å². The predicted molar refractivity (Wildman–Crippen MR) is 74.1 cm³/mol. The van der Waals surface area contributed by atoms with Crippen LogP contribution in [0.5, 0.6) is 0 Å². The molecule has 0 bridgehead atoms. The van der Waals surface area contributed by atoms with Gasteiger partial charge in [0.1, 0.15) is 5.82 Å². The number of rotatable bonds is 2. The second-order valence-corrected chi connectivity index (χ2v) is 5.75. The largest absolute Gasteiger partial charge is 0.294 e. The molecule has 0 heterocycles. The van der Waals surface area contributed by atoms with Gasteiger partial charge in [0.05, 0.1) is 0 Å². The molecule has 1 nitrogen and oxygen atoms in total. The molecule has 0 unspecified atom stereocenters. The first kappa shape index (κ1) is 12.6. The first-order valence-electron chi connectivity index (χ1n) is 7.25. The van der Waals surface area contributed by atoms with E-state index in [1.54, 1.807) is 18.2 Å². The number of ketones is 1. The molecule has 2 aliphatic carbocycles. The summed E-state index contributed by atoms with van der Waals surface area (Å²) in [6, 6.07) is 6.66. The third-order valence-electron chi connectivity index (χ3n) is 4.58. The summed E-state index contributed by atoms with van der Waals surface area (Å²) in [5.41, 5.74) is 1.36. The van der Waals surface area contributed by atoms with Crippen LogP contribution in [0.4, 0.5) is 4.39 Å². The standard InChI is InChI=1S/C17H19FO/c18-16-8-4-3-7-13(16)11-14-9-10-15(17(14)19)12-5-1-2-6-12/h3-4,7-8,11-12,15H,1-2,5-6,9-10H2/b14-11+/t15-/m1/s1. The first-order valence-corrected chi connectivity index (χ1v) is 7.25. The van der Waals surface area contributed by atoms with Crippen LogP contribution in [0.3, 0.4) is 0 Å². The Morgan fingerprint density at radius 3 is 2.58 bits per heavy atom. The van der Waals surface area contributed by atoms with Crippen molar-refractivity contribution in [3.63, 3.8) is 0 Å². The Morgan fingerprint density at radius 2 is 1.84 bits per heavy atom. The molecule has 1 aromatic carbocycles. The van der Waals surface area contributed by atoms with Gasteiger partial charge in [0.15, 0.2) is 5.78 Å². The summed E-state index contributed by atoms with van der Waals surface area (Å²) >= 11 is 0. The summed E-state index contributed by atoms with van der Waals surface area (Å²) in [7, 11) is 0. The van der Waals surface area contributed by atoms with Crippen molar-refractivity contribution in [1.82, 2.24) is 0 Å². The zero-order valence-corrected chi connectivity index (χ0v) is 11.1. The number of halogens is 1. The van der Waals surface area contributed by atoms with Crippen LogP contribution < -0.4 is 0 Å². The Hall–Kier alpha value is -1.44. The van der Waals surface area contributed by atoms with E-state index in [1.165, 1.54) is 31.7 Å². The van der Waals surface area contributed by atoms with E-state index in [1.807, 2.05) is 6.07 Å². The molecular weight excluding hydrogens is 239 g/mol. The van der Waals surface area contributed by atoms with Crippen LogP contribution in [-0.4, -0.2) is 5.78 Å². The van der Waals surface area contributed by atoms with Crippen LogP contribution in [0.15, 0.2) is 29.8 Å². The fourth-order valence-electron chi connectivity index (χ4n) is 3.54. The number of hydrogen-bond donors (Lipinski definition) is 0. The Labute approximate surface area is 113 Å². The SMILES string of the molecule is O=C1/C(=C/c2ccccc2F)CC[C@@H]1C1CCCC1. The molecule has 0 aliphatic heterocycles. The zero-order chi connectivity index (χ0) is 13.2. The average Bonchev–Trinajstić information content (AvgIpc) is 3.03. The van der Waals surface area contributed by atoms with Crippen molar-refractivity contribution in [3.8, 4) is 0 Å². The molecule has 0 spiro atoms. The van der Waals surface area contributed by atoms with Crippen molar-refractivity contribution >= 4 is 11.9 Å². The first-order chi connectivity index (χ1) is 9.25. The maximum atomic E-state index is 13.6. The molecule has 2 heteroatoms. The van der Waals surface area contributed by atoms with E-state index >= 15 is 0 Å². The summed E-state index contributed by atoms with van der Waals surface area (Å²) in [5, 5.41) is 0. The van der Waals surface area contributed by atoms with Gasteiger partial charge < -0.3 is 0 Å². The lowest BCUT2D eigenvalue weighted by Crippen LogP contribution is -2.16. The number of allylic oxidation sites excluding steroid dienone is 1. The normalized spacial score (nSPS) is 26.5. The van der Waals surface area contributed by atoms with Gasteiger partial charge in [-0.15, -0.1) is 0 Å². The maximum absolute atomic E-state index is 13.6. The van der Waals surface area contributed by atoms with Crippen molar-refractivity contribution in [3.05, 3.63) is 41.2 Å². The van der Waals surface area contributed by atoms with Gasteiger partial charge in [-0.3, -0.25) is 4.79 Å². The highest BCUT2D eigenvalue weighted by molar-refractivity contribution is 6.03. The van der Waals surface area contributed by atoms with Crippen molar-refractivity contribution in [2.45, 2.75) is 38.5 Å². The summed E-state index contributed by atoms with van der Waals surface area (Å²) in [5.74, 6) is 0.821. The second kappa shape index (κ2) is 5.28. The number of Topliss-reactive ketones (excluding diaryl/α,β-unsaturated/α-hetero) is 1. The fraction of sp³-hybridized carbons (Fsp3) is 0.471. The molecule has 1 aromatic rings. The van der Waals surface area contributed by atoms with Gasteiger partial charge in [-0.25, -0.2) is 4.39 Å². The Morgan fingerprint density at radius 1 is 1.11 bits per heavy atom. The highest BCUT2D eigenvalue weighted by atomic mass is 19.1. The Balaban J connectivity index is 1.80. The number of benzene rings is 1. The molecule has 2 fully saturated rings. The van der Waals surface area contributed by atoms with Crippen molar-refractivity contribution in [2.24, 2.45) is 11.8 Å². The van der Waals surface area contributed by atoms with Crippen molar-refractivity contribution in [2.75, 3.05) is 0 Å². The van der Waals surface area contributed by atoms with Crippen LogP contribution in [0.1, 0.15) is 44.1 Å². The molecule has 2 saturated carbocycles. The molecule has 0 saturated heterocycles. The molecular formula is C17H19FO. The minimum absolute atomic E-state index is 0.209. The molecule has 1 atom stereocenters. The fourth-order valence-corrected chi connectivity index (χ4v) is 3.54. The summed E-state index contributed by atoms with van der Waals surface area (Å²) in [6.45, 7) is 0. The van der Waals surface area contributed by atoms with Crippen LogP contribution in [0.25, 0.3) is 6.08 Å². The quantitative estimate of drug-likeness (QED) is 0.719. The lowest BCUT2D eigenvalue weighted by atomic mass is 9.88. The van der Waals surface area contributed by atoms with Crippen molar-refractivity contribution in [1.29, 1.82) is 0 Å². The van der Waals surface area contributed by atoms with Gasteiger partial charge in [0.25, 0.3) is 0 Å². The van der Waals surface area contributed by atoms with Crippen LogP contribution >= 0.6 is 0 Å². The second-order valence-electron chi connectivity index (χ2n) is 5.75. The van der Waals surface area contributed by atoms with E-state index in [9.17, 15) is 9.18 Å². The third-order valence-corrected chi connectivity index (χ3v) is 4.58.